The van der Waals surface area contributed by atoms with Crippen LogP contribution in [-0.2, 0) is 13.1 Å². The zero-order valence-electron chi connectivity index (χ0n) is 15.5. The van der Waals surface area contributed by atoms with Crippen molar-refractivity contribution < 1.29 is 4.79 Å². The molecule has 0 bridgehead atoms. The van der Waals surface area contributed by atoms with Crippen molar-refractivity contribution in [3.63, 3.8) is 0 Å². The Hall–Kier alpha value is -3.32. The summed E-state index contributed by atoms with van der Waals surface area (Å²) in [7, 11) is 0. The van der Waals surface area contributed by atoms with Gasteiger partial charge >= 0.3 is 0 Å². The third-order valence-corrected chi connectivity index (χ3v) is 5.25. The number of carbonyl (C=O) groups excluding carboxylic acids is 1. The van der Waals surface area contributed by atoms with E-state index in [0.29, 0.717) is 24.5 Å². The molecule has 2 aromatic heterocycles. The number of halogens is 1. The van der Waals surface area contributed by atoms with Crippen LogP contribution in [-0.4, -0.2) is 25.9 Å². The van der Waals surface area contributed by atoms with Gasteiger partial charge in [-0.25, -0.2) is 4.68 Å². The van der Waals surface area contributed by atoms with Gasteiger partial charge in [-0.05, 0) is 29.3 Å². The molecule has 0 atom stereocenters. The highest BCUT2D eigenvalue weighted by Crippen LogP contribution is 2.23. The van der Waals surface area contributed by atoms with Crippen LogP contribution < -0.4 is 5.32 Å². The zero-order chi connectivity index (χ0) is 20.1. The van der Waals surface area contributed by atoms with Crippen molar-refractivity contribution in [3.8, 4) is 11.3 Å². The smallest absolute Gasteiger partial charge is 0.274 e. The van der Waals surface area contributed by atoms with Crippen molar-refractivity contribution in [1.29, 1.82) is 0 Å². The highest BCUT2D eigenvalue weighted by atomic mass is 79.9. The summed E-state index contributed by atoms with van der Waals surface area (Å²) in [6.45, 7) is 0.907. The van der Waals surface area contributed by atoms with Crippen molar-refractivity contribution in [2.75, 3.05) is 0 Å². The second kappa shape index (κ2) is 8.79. The number of hydrogen-bond acceptors (Lipinski definition) is 4. The Morgan fingerprint density at radius 2 is 1.69 bits per heavy atom. The molecular weight excluding hydrogens is 430 g/mol. The van der Waals surface area contributed by atoms with Gasteiger partial charge in [0.2, 0.25) is 0 Å². The first kappa shape index (κ1) is 19.0. The molecule has 144 valence electrons. The summed E-state index contributed by atoms with van der Waals surface area (Å²) in [4.78, 5) is 17.0. The van der Waals surface area contributed by atoms with Crippen LogP contribution in [0.15, 0.2) is 83.6 Å². The van der Waals surface area contributed by atoms with Crippen molar-refractivity contribution in [1.82, 2.24) is 25.3 Å². The van der Waals surface area contributed by atoms with Crippen molar-refractivity contribution in [3.05, 3.63) is 100 Å². The number of benzene rings is 2. The Labute approximate surface area is 176 Å². The fraction of sp³-hybridized carbons (Fsp3) is 0.0909. The van der Waals surface area contributed by atoms with Crippen LogP contribution in [0, 0.1) is 0 Å². The standard InChI is InChI=1S/C22H18BrN5O/c23-19-9-5-4-8-18(19)14-25-22(29)20-21(17-10-12-24-13-11-17)28(27-26-20)15-16-6-2-1-3-7-16/h1-13H,14-15H2,(H,25,29). The predicted molar refractivity (Wildman–Crippen MR) is 114 cm³/mol. The van der Waals surface area contributed by atoms with Gasteiger partial charge in [0.15, 0.2) is 5.69 Å². The second-order valence-electron chi connectivity index (χ2n) is 6.44. The molecule has 0 fully saturated rings. The lowest BCUT2D eigenvalue weighted by molar-refractivity contribution is 0.0946. The van der Waals surface area contributed by atoms with Gasteiger partial charge in [0.1, 0.15) is 5.69 Å². The number of aromatic nitrogens is 4. The van der Waals surface area contributed by atoms with Crippen molar-refractivity contribution >= 4 is 21.8 Å². The molecule has 0 saturated carbocycles. The third kappa shape index (κ3) is 4.41. The molecule has 1 N–H and O–H groups in total. The van der Waals surface area contributed by atoms with Gasteiger partial charge < -0.3 is 5.32 Å². The maximum absolute atomic E-state index is 12.9. The lowest BCUT2D eigenvalue weighted by Gasteiger charge is -2.09. The molecule has 0 aliphatic heterocycles. The van der Waals surface area contributed by atoms with E-state index >= 15 is 0 Å². The Balaban J connectivity index is 1.64. The van der Waals surface area contributed by atoms with E-state index in [2.05, 4.69) is 36.5 Å². The van der Waals surface area contributed by atoms with Crippen LogP contribution in [0.4, 0.5) is 0 Å². The SMILES string of the molecule is O=C(NCc1ccccc1Br)c1nnn(Cc2ccccc2)c1-c1ccncc1. The predicted octanol–water partition coefficient (Wildman–Crippen LogP) is 4.08. The lowest BCUT2D eigenvalue weighted by Crippen LogP contribution is -2.24. The van der Waals surface area contributed by atoms with Crippen LogP contribution in [0.5, 0.6) is 0 Å². The molecule has 4 aromatic rings. The molecule has 6 nitrogen and oxygen atoms in total. The average molecular weight is 448 g/mol. The maximum atomic E-state index is 12.9. The van der Waals surface area contributed by atoms with Crippen molar-refractivity contribution in [2.24, 2.45) is 0 Å². The van der Waals surface area contributed by atoms with Crippen LogP contribution in [0.1, 0.15) is 21.6 Å². The largest absolute Gasteiger partial charge is 0.346 e. The van der Waals surface area contributed by atoms with E-state index in [1.165, 1.54) is 0 Å². The van der Waals surface area contributed by atoms with Crippen molar-refractivity contribution in [2.45, 2.75) is 13.1 Å². The Morgan fingerprint density at radius 3 is 2.45 bits per heavy atom. The van der Waals surface area contributed by atoms with E-state index < -0.39 is 0 Å². The number of rotatable bonds is 6. The minimum Gasteiger partial charge on any atom is -0.346 e. The first-order valence-electron chi connectivity index (χ1n) is 9.12. The molecule has 0 radical (unpaired) electrons. The number of carbonyl (C=O) groups is 1. The number of pyridine rings is 1. The Bertz CT molecular complexity index is 1110. The Kier molecular flexibility index (Phi) is 5.76. The van der Waals surface area contributed by atoms with Gasteiger partial charge in [0, 0.05) is 29.0 Å². The number of amides is 1. The topological polar surface area (TPSA) is 72.7 Å². The molecule has 0 unspecified atom stereocenters. The molecule has 0 spiro atoms. The Morgan fingerprint density at radius 1 is 0.966 bits per heavy atom. The van der Waals surface area contributed by atoms with Crippen LogP contribution in [0.25, 0.3) is 11.3 Å². The summed E-state index contributed by atoms with van der Waals surface area (Å²) in [5, 5.41) is 11.4. The van der Waals surface area contributed by atoms with E-state index in [-0.39, 0.29) is 5.91 Å². The summed E-state index contributed by atoms with van der Waals surface area (Å²) in [5.41, 5.74) is 3.86. The van der Waals surface area contributed by atoms with E-state index in [0.717, 1.165) is 21.2 Å². The molecule has 0 aliphatic carbocycles. The molecular formula is C22H18BrN5O. The molecule has 4 rings (SSSR count). The van der Waals surface area contributed by atoms with Crippen LogP contribution in [0.2, 0.25) is 0 Å². The van der Waals surface area contributed by atoms with Crippen LogP contribution >= 0.6 is 15.9 Å². The minimum absolute atomic E-state index is 0.271. The molecule has 2 heterocycles. The number of nitrogens with zero attached hydrogens (tertiary/aromatic N) is 4. The first-order valence-corrected chi connectivity index (χ1v) is 9.91. The molecule has 7 heteroatoms. The fourth-order valence-electron chi connectivity index (χ4n) is 3.03. The van der Waals surface area contributed by atoms with E-state index in [4.69, 9.17) is 0 Å². The van der Waals surface area contributed by atoms with Gasteiger partial charge in [-0.1, -0.05) is 69.7 Å². The molecule has 2 aromatic carbocycles. The first-order chi connectivity index (χ1) is 14.2. The van der Waals surface area contributed by atoms with E-state index in [1.807, 2.05) is 66.7 Å². The monoisotopic (exact) mass is 447 g/mol. The van der Waals surface area contributed by atoms with Gasteiger partial charge in [-0.2, -0.15) is 0 Å². The summed E-state index contributed by atoms with van der Waals surface area (Å²) in [5.74, 6) is -0.271. The van der Waals surface area contributed by atoms with Crippen LogP contribution in [0.3, 0.4) is 0 Å². The third-order valence-electron chi connectivity index (χ3n) is 4.48. The maximum Gasteiger partial charge on any atom is 0.274 e. The second-order valence-corrected chi connectivity index (χ2v) is 7.29. The van der Waals surface area contributed by atoms with Gasteiger partial charge in [0.25, 0.3) is 5.91 Å². The highest BCUT2D eigenvalue weighted by molar-refractivity contribution is 9.10. The lowest BCUT2D eigenvalue weighted by atomic mass is 10.1. The molecule has 1 amide bonds. The average Bonchev–Trinajstić information content (AvgIpc) is 3.18. The minimum atomic E-state index is -0.271. The molecule has 0 aliphatic rings. The van der Waals surface area contributed by atoms with E-state index in [9.17, 15) is 4.79 Å². The van der Waals surface area contributed by atoms with E-state index in [1.54, 1.807) is 17.1 Å². The zero-order valence-corrected chi connectivity index (χ0v) is 17.1. The van der Waals surface area contributed by atoms with Gasteiger partial charge in [-0.15, -0.1) is 5.10 Å². The summed E-state index contributed by atoms with van der Waals surface area (Å²) < 4.78 is 2.69. The van der Waals surface area contributed by atoms with Gasteiger partial charge in [0.05, 0.1) is 6.54 Å². The normalized spacial score (nSPS) is 10.7. The summed E-state index contributed by atoms with van der Waals surface area (Å²) in [6.07, 6.45) is 3.38. The summed E-state index contributed by atoms with van der Waals surface area (Å²) in [6, 6.07) is 21.4. The molecule has 0 saturated heterocycles. The number of nitrogens with one attached hydrogen (secondary N) is 1. The highest BCUT2D eigenvalue weighted by Gasteiger charge is 2.21. The van der Waals surface area contributed by atoms with Gasteiger partial charge in [-0.3, -0.25) is 9.78 Å². The quantitative estimate of drug-likeness (QED) is 0.483. The molecule has 29 heavy (non-hydrogen) atoms. The summed E-state index contributed by atoms with van der Waals surface area (Å²) >= 11 is 3.50. The number of hydrogen-bond donors (Lipinski definition) is 1. The fourth-order valence-corrected chi connectivity index (χ4v) is 3.45.